The summed E-state index contributed by atoms with van der Waals surface area (Å²) in [5.74, 6) is -0.924. The van der Waals surface area contributed by atoms with Gasteiger partial charge in [-0.2, -0.15) is 0 Å². The quantitative estimate of drug-likeness (QED) is 0.475. The van der Waals surface area contributed by atoms with Crippen molar-refractivity contribution in [3.8, 4) is 0 Å². The van der Waals surface area contributed by atoms with E-state index in [0.29, 0.717) is 0 Å². The predicted octanol–water partition coefficient (Wildman–Crippen LogP) is 4.80. The summed E-state index contributed by atoms with van der Waals surface area (Å²) in [6.45, 7) is 23.1. The normalized spacial score (nSPS) is 14.2. The molecule has 0 bridgehead atoms. The highest BCUT2D eigenvalue weighted by Gasteiger charge is 2.45. The molecule has 11 heteroatoms. The van der Waals surface area contributed by atoms with Gasteiger partial charge in [-0.1, -0.05) is 12.1 Å². The molecule has 29 heavy (non-hydrogen) atoms. The molecule has 0 aliphatic rings. The maximum Gasteiger partial charge on any atom is 0.335 e. The lowest BCUT2D eigenvalue weighted by Gasteiger charge is -2.42. The van der Waals surface area contributed by atoms with E-state index < -0.39 is 48.3 Å². The second-order valence-electron chi connectivity index (χ2n) is 10.1. The van der Waals surface area contributed by atoms with E-state index in [-0.39, 0.29) is 5.56 Å². The molecule has 0 saturated heterocycles. The fraction of sp³-hybridized carbons (Fsp3) is 0.611. The van der Waals surface area contributed by atoms with Gasteiger partial charge in [0.05, 0.1) is 5.56 Å². The zero-order valence-electron chi connectivity index (χ0n) is 19.8. The van der Waals surface area contributed by atoms with E-state index in [2.05, 4.69) is 72.0 Å². The van der Waals surface area contributed by atoms with Gasteiger partial charge in [0.1, 0.15) is 0 Å². The second kappa shape index (κ2) is 9.00. The zero-order chi connectivity index (χ0) is 22.9. The molecule has 0 amide bonds. The van der Waals surface area contributed by atoms with Crippen LogP contribution in [0.5, 0.6) is 0 Å². The third-order valence-electron chi connectivity index (χ3n) is 3.86. The number of hydrogen-bond acceptors (Lipinski definition) is 5. The van der Waals surface area contributed by atoms with Crippen molar-refractivity contribution in [2.45, 2.75) is 72.0 Å². The first kappa shape index (κ1) is 26.6. The minimum absolute atomic E-state index is 0.280. The average Bonchev–Trinajstić information content (AvgIpc) is 2.40. The Balaban J connectivity index is 2.90. The van der Waals surface area contributed by atoms with E-state index in [1.807, 2.05) is 12.1 Å². The van der Waals surface area contributed by atoms with Crippen LogP contribution in [-0.4, -0.2) is 53.4 Å². The van der Waals surface area contributed by atoms with Gasteiger partial charge in [0.2, 0.25) is 8.32 Å². The number of carboxylic acid groups (broad SMARTS) is 1. The molecular formula is C18H38O6Si5. The smallest absolute Gasteiger partial charge is 0.335 e. The highest BCUT2D eigenvalue weighted by Crippen LogP contribution is 2.26. The van der Waals surface area contributed by atoms with Gasteiger partial charge in [-0.3, -0.25) is 0 Å². The molecule has 0 fully saturated rings. The molecule has 0 aromatic heterocycles. The van der Waals surface area contributed by atoms with Crippen LogP contribution in [0, 0.1) is 0 Å². The predicted molar refractivity (Wildman–Crippen MR) is 131 cm³/mol. The van der Waals surface area contributed by atoms with Gasteiger partial charge >= 0.3 is 31.7 Å². The SMILES string of the molecule is C[Si](C)(C)O[Si](C)(C)O[Si](C)(C)O[Si](C)(C)O[Si](C)(C)c1ccc(C(=O)O)cc1. The Hall–Kier alpha value is -0.386. The van der Waals surface area contributed by atoms with Gasteiger partial charge in [-0.05, 0) is 89.3 Å². The van der Waals surface area contributed by atoms with Crippen LogP contribution in [0.2, 0.25) is 72.0 Å². The Morgan fingerprint density at radius 2 is 1.03 bits per heavy atom. The molecule has 0 atom stereocenters. The highest BCUT2D eigenvalue weighted by atomic mass is 28.5. The molecule has 1 rings (SSSR count). The van der Waals surface area contributed by atoms with E-state index in [0.717, 1.165) is 5.19 Å². The summed E-state index contributed by atoms with van der Waals surface area (Å²) in [6, 6.07) is 6.98. The first-order chi connectivity index (χ1) is 12.7. The van der Waals surface area contributed by atoms with E-state index in [1.165, 1.54) is 0 Å². The lowest BCUT2D eigenvalue weighted by atomic mass is 10.2. The average molecular weight is 491 g/mol. The Kier molecular flexibility index (Phi) is 8.27. The Morgan fingerprint density at radius 3 is 1.41 bits per heavy atom. The van der Waals surface area contributed by atoms with Crippen LogP contribution in [0.1, 0.15) is 10.4 Å². The number of aromatic carboxylic acids is 1. The molecule has 0 spiro atoms. The van der Waals surface area contributed by atoms with E-state index >= 15 is 0 Å². The minimum Gasteiger partial charge on any atom is -0.478 e. The van der Waals surface area contributed by atoms with Crippen molar-refractivity contribution >= 4 is 53.5 Å². The fourth-order valence-electron chi connectivity index (χ4n) is 3.67. The monoisotopic (exact) mass is 490 g/mol. The number of hydrogen-bond donors (Lipinski definition) is 1. The summed E-state index contributed by atoms with van der Waals surface area (Å²) >= 11 is 0. The molecule has 1 aromatic rings. The van der Waals surface area contributed by atoms with Crippen LogP contribution in [-0.2, 0) is 16.5 Å². The fourth-order valence-corrected chi connectivity index (χ4v) is 27.0. The second-order valence-corrected chi connectivity index (χ2v) is 29.6. The van der Waals surface area contributed by atoms with E-state index in [1.54, 1.807) is 12.1 Å². The van der Waals surface area contributed by atoms with Crippen LogP contribution in [0.3, 0.4) is 0 Å². The summed E-state index contributed by atoms with van der Waals surface area (Å²) in [7, 11) is -11.2. The first-order valence-corrected chi connectivity index (χ1v) is 24.6. The summed E-state index contributed by atoms with van der Waals surface area (Å²) < 4.78 is 25.9. The minimum atomic E-state index is -2.49. The Morgan fingerprint density at radius 1 is 0.655 bits per heavy atom. The molecule has 0 unspecified atom stereocenters. The van der Waals surface area contributed by atoms with Gasteiger partial charge in [-0.15, -0.1) is 0 Å². The van der Waals surface area contributed by atoms with E-state index in [4.69, 9.17) is 21.6 Å². The molecular weight excluding hydrogens is 453 g/mol. The van der Waals surface area contributed by atoms with Crippen molar-refractivity contribution in [1.29, 1.82) is 0 Å². The largest absolute Gasteiger partial charge is 0.478 e. The van der Waals surface area contributed by atoms with Crippen molar-refractivity contribution in [2.75, 3.05) is 0 Å². The first-order valence-electron chi connectivity index (χ1n) is 9.88. The molecule has 1 aromatic carbocycles. The Bertz CT molecular complexity index is 710. The van der Waals surface area contributed by atoms with Crippen molar-refractivity contribution < 1.29 is 26.4 Å². The number of benzene rings is 1. The van der Waals surface area contributed by atoms with Gasteiger partial charge < -0.3 is 21.6 Å². The van der Waals surface area contributed by atoms with Crippen molar-refractivity contribution in [2.24, 2.45) is 0 Å². The van der Waals surface area contributed by atoms with Crippen LogP contribution < -0.4 is 5.19 Å². The molecule has 0 aliphatic heterocycles. The summed E-state index contributed by atoms with van der Waals surface area (Å²) in [4.78, 5) is 11.1. The van der Waals surface area contributed by atoms with Crippen LogP contribution in [0.25, 0.3) is 0 Å². The topological polar surface area (TPSA) is 74.2 Å². The molecule has 0 heterocycles. The van der Waals surface area contributed by atoms with Crippen molar-refractivity contribution in [3.05, 3.63) is 29.8 Å². The lowest BCUT2D eigenvalue weighted by molar-refractivity contribution is 0.0696. The standard InChI is InChI=1S/C18H38O6Si5/c1-25(2,3)21-27(6,7)23-29(10,11)24-28(8,9)22-26(4,5)17-14-12-16(13-15-17)18(19)20/h12-15H,1-11H3,(H,19,20). The highest BCUT2D eigenvalue weighted by molar-refractivity contribution is 6.93. The third kappa shape index (κ3) is 9.52. The maximum atomic E-state index is 11.1. The number of carboxylic acids is 1. The zero-order valence-corrected chi connectivity index (χ0v) is 24.8. The van der Waals surface area contributed by atoms with Gasteiger partial charge in [0.25, 0.3) is 0 Å². The van der Waals surface area contributed by atoms with Gasteiger partial charge in [0.15, 0.2) is 8.32 Å². The van der Waals surface area contributed by atoms with Crippen LogP contribution in [0.4, 0.5) is 0 Å². The van der Waals surface area contributed by atoms with Gasteiger partial charge in [-0.25, -0.2) is 4.79 Å². The molecule has 0 aliphatic carbocycles. The van der Waals surface area contributed by atoms with Crippen molar-refractivity contribution in [3.63, 3.8) is 0 Å². The Labute approximate surface area is 181 Å². The summed E-state index contributed by atoms with van der Waals surface area (Å²) in [5, 5.41) is 10.2. The summed E-state index contributed by atoms with van der Waals surface area (Å²) in [6.07, 6.45) is 0. The van der Waals surface area contributed by atoms with Crippen LogP contribution >= 0.6 is 0 Å². The lowest BCUT2D eigenvalue weighted by Crippen LogP contribution is -2.60. The van der Waals surface area contributed by atoms with Crippen molar-refractivity contribution in [1.82, 2.24) is 0 Å². The molecule has 6 nitrogen and oxygen atoms in total. The van der Waals surface area contributed by atoms with Crippen LogP contribution in [0.15, 0.2) is 24.3 Å². The number of carbonyl (C=O) groups is 1. The molecule has 1 N–H and O–H groups in total. The molecule has 0 saturated carbocycles. The summed E-state index contributed by atoms with van der Waals surface area (Å²) in [5.41, 5.74) is 0.280. The maximum absolute atomic E-state index is 11.1. The third-order valence-corrected chi connectivity index (χ3v) is 21.9. The molecule has 0 radical (unpaired) electrons. The van der Waals surface area contributed by atoms with Gasteiger partial charge in [0, 0.05) is 0 Å². The van der Waals surface area contributed by atoms with E-state index in [9.17, 15) is 4.79 Å². The molecule has 166 valence electrons. The number of rotatable bonds is 10.